The average Bonchev–Trinajstić information content (AvgIpc) is 2.81. The first-order valence-corrected chi connectivity index (χ1v) is 13.1. The summed E-state index contributed by atoms with van der Waals surface area (Å²) in [7, 11) is 4.18. The van der Waals surface area contributed by atoms with Crippen LogP contribution in [0.3, 0.4) is 0 Å². The van der Waals surface area contributed by atoms with Gasteiger partial charge in [-0.15, -0.1) is 0 Å². The molecular formula is C27H43N3OS. The third-order valence-corrected chi connectivity index (χ3v) is 8.27. The highest BCUT2D eigenvalue weighted by atomic mass is 32.2. The van der Waals surface area contributed by atoms with Gasteiger partial charge < -0.3 is 20.3 Å². The second kappa shape index (κ2) is 13.1. The van der Waals surface area contributed by atoms with Crippen molar-refractivity contribution in [1.29, 1.82) is 0 Å². The van der Waals surface area contributed by atoms with Crippen molar-refractivity contribution >= 4 is 24.2 Å². The lowest BCUT2D eigenvalue weighted by molar-refractivity contribution is -0.0979. The molecule has 0 fully saturated rings. The zero-order chi connectivity index (χ0) is 23.6. The number of nitrogens with one attached hydrogen (secondary N) is 2. The molecule has 0 aromatic heterocycles. The molecule has 32 heavy (non-hydrogen) atoms. The molecule has 1 aliphatic heterocycles. The Balaban J connectivity index is 0.00000176. The molecule has 2 N–H and O–H groups in total. The van der Waals surface area contributed by atoms with Gasteiger partial charge in [-0.2, -0.15) is 11.8 Å². The summed E-state index contributed by atoms with van der Waals surface area (Å²) in [5, 5.41) is 7.49. The molecule has 1 aliphatic carbocycles. The number of rotatable bonds is 10. The molecule has 0 amide bonds. The van der Waals surface area contributed by atoms with Crippen LogP contribution in [0.25, 0.3) is 0 Å². The van der Waals surface area contributed by atoms with Crippen LogP contribution in [0, 0.1) is 5.92 Å². The van der Waals surface area contributed by atoms with Gasteiger partial charge in [-0.3, -0.25) is 0 Å². The second-order valence-corrected chi connectivity index (χ2v) is 10.6. The molecule has 2 unspecified atom stereocenters. The van der Waals surface area contributed by atoms with Crippen LogP contribution >= 0.6 is 11.8 Å². The molecule has 3 atom stereocenters. The molecule has 178 valence electrons. The van der Waals surface area contributed by atoms with Gasteiger partial charge in [-0.25, -0.2) is 0 Å². The van der Waals surface area contributed by atoms with Crippen molar-refractivity contribution in [2.45, 2.75) is 69.6 Å². The van der Waals surface area contributed by atoms with Crippen LogP contribution in [0.1, 0.15) is 63.5 Å². The molecule has 1 aromatic carbocycles. The van der Waals surface area contributed by atoms with E-state index >= 15 is 0 Å². The van der Waals surface area contributed by atoms with Crippen LogP contribution in [-0.2, 0) is 16.8 Å². The van der Waals surface area contributed by atoms with Crippen molar-refractivity contribution in [1.82, 2.24) is 10.2 Å². The number of allylic oxidation sites excluding steroid dienone is 1. The quantitative estimate of drug-likeness (QED) is 0.335. The number of anilines is 1. The normalized spacial score (nSPS) is 24.4. The molecular weight excluding hydrogens is 414 g/mol. The molecule has 1 aromatic rings. The van der Waals surface area contributed by atoms with Crippen LogP contribution in [0.5, 0.6) is 0 Å². The van der Waals surface area contributed by atoms with E-state index in [0.717, 1.165) is 18.9 Å². The summed E-state index contributed by atoms with van der Waals surface area (Å²) in [4.78, 5) is 10.2. The van der Waals surface area contributed by atoms with Gasteiger partial charge in [0, 0.05) is 29.9 Å². The van der Waals surface area contributed by atoms with Crippen LogP contribution in [0.15, 0.2) is 42.8 Å². The zero-order valence-corrected chi connectivity index (χ0v) is 21.4. The first kappa shape index (κ1) is 26.5. The van der Waals surface area contributed by atoms with E-state index in [0.29, 0.717) is 11.2 Å². The number of unbranched alkanes of at least 4 members (excludes halogenated alkanes) is 3. The average molecular weight is 458 g/mol. The van der Waals surface area contributed by atoms with Crippen LogP contribution in [0.4, 0.5) is 5.69 Å². The van der Waals surface area contributed by atoms with E-state index in [2.05, 4.69) is 92.2 Å². The first-order chi connectivity index (χ1) is 15.5. The van der Waals surface area contributed by atoms with E-state index in [4.69, 9.17) is 4.79 Å². The van der Waals surface area contributed by atoms with Gasteiger partial charge in [0.05, 0.1) is 5.82 Å². The molecule has 3 rings (SSSR count). The Morgan fingerprint density at radius 3 is 2.78 bits per heavy atom. The lowest BCUT2D eigenvalue weighted by Crippen LogP contribution is -2.37. The molecule has 4 nitrogen and oxygen atoms in total. The molecule has 5 heteroatoms. The van der Waals surface area contributed by atoms with E-state index < -0.39 is 0 Å². The molecule has 0 radical (unpaired) electrons. The lowest BCUT2D eigenvalue weighted by Gasteiger charge is -2.42. The number of nitrogens with zero attached hydrogens (tertiary/aromatic N) is 1. The van der Waals surface area contributed by atoms with Crippen LogP contribution in [-0.4, -0.2) is 43.3 Å². The van der Waals surface area contributed by atoms with Gasteiger partial charge in [0.25, 0.3) is 0 Å². The second-order valence-electron chi connectivity index (χ2n) is 9.24. The highest BCUT2D eigenvalue weighted by Gasteiger charge is 2.38. The van der Waals surface area contributed by atoms with Gasteiger partial charge in [0.15, 0.2) is 0 Å². The van der Waals surface area contributed by atoms with Crippen molar-refractivity contribution in [3.05, 3.63) is 53.9 Å². The monoisotopic (exact) mass is 457 g/mol. The molecule has 0 saturated carbocycles. The predicted molar refractivity (Wildman–Crippen MR) is 141 cm³/mol. The smallest absolute Gasteiger partial charge is 0.106 e. The van der Waals surface area contributed by atoms with Crippen molar-refractivity contribution in [3.63, 3.8) is 0 Å². The maximum absolute atomic E-state index is 8.00. The number of carbonyl (C=O) groups excluding carboxylic acids is 1. The molecule has 2 aliphatic rings. The summed E-state index contributed by atoms with van der Waals surface area (Å²) >= 11 is 2.17. The highest BCUT2D eigenvalue weighted by molar-refractivity contribution is 8.00. The SMILES string of the molecule is C=C1Nc2ccc([C@@]3(C)C=CC(SCCCCCC)CC3CCNC)cc2CN1C.C=O. The Labute approximate surface area is 200 Å². The van der Waals surface area contributed by atoms with Gasteiger partial charge in [-0.05, 0) is 61.7 Å². The minimum atomic E-state index is 0.0954. The Bertz CT molecular complexity index is 765. The summed E-state index contributed by atoms with van der Waals surface area (Å²) in [5.74, 6) is 2.93. The van der Waals surface area contributed by atoms with Crippen molar-refractivity contribution in [3.8, 4) is 0 Å². The topological polar surface area (TPSA) is 44.4 Å². The lowest BCUT2D eigenvalue weighted by atomic mass is 9.65. The number of benzene rings is 1. The zero-order valence-electron chi connectivity index (χ0n) is 20.6. The van der Waals surface area contributed by atoms with E-state index in [1.165, 1.54) is 61.1 Å². The number of carbonyl (C=O) groups is 1. The van der Waals surface area contributed by atoms with Crippen molar-refractivity contribution in [2.75, 3.05) is 31.7 Å². The summed E-state index contributed by atoms with van der Waals surface area (Å²) < 4.78 is 0. The summed E-state index contributed by atoms with van der Waals surface area (Å²) in [6, 6.07) is 7.02. The molecule has 0 spiro atoms. The predicted octanol–water partition coefficient (Wildman–Crippen LogP) is 5.96. The summed E-state index contributed by atoms with van der Waals surface area (Å²) in [6.07, 6.45) is 13.0. The summed E-state index contributed by atoms with van der Waals surface area (Å²) in [6.45, 7) is 12.9. The third-order valence-electron chi connectivity index (χ3n) is 6.97. The Morgan fingerprint density at radius 1 is 1.28 bits per heavy atom. The van der Waals surface area contributed by atoms with Crippen molar-refractivity contribution in [2.24, 2.45) is 5.92 Å². The number of thioether (sulfide) groups is 1. The van der Waals surface area contributed by atoms with Crippen LogP contribution < -0.4 is 10.6 Å². The maximum atomic E-state index is 8.00. The molecule has 0 bridgehead atoms. The molecule has 1 heterocycles. The minimum absolute atomic E-state index is 0.0954. The van der Waals surface area contributed by atoms with E-state index in [9.17, 15) is 0 Å². The Kier molecular flexibility index (Phi) is 10.9. The maximum Gasteiger partial charge on any atom is 0.106 e. The highest BCUT2D eigenvalue weighted by Crippen LogP contribution is 2.45. The van der Waals surface area contributed by atoms with E-state index in [1.54, 1.807) is 0 Å². The fourth-order valence-electron chi connectivity index (χ4n) is 4.79. The summed E-state index contributed by atoms with van der Waals surface area (Å²) in [5.41, 5.74) is 4.13. The standard InChI is InChI=1S/C26H41N3S.CH2O/c1-6-7-8-9-16-30-24-12-14-26(3,23(18-24)13-15-27-4)22-10-11-25-21(17-22)19-29(5)20(2)28-25;1-2/h10-12,14,17,23-24,27-28H,2,6-9,13,15-16,18-19H2,1,3-5H3;1H2/t23?,24?,26-;/m1./s1. The number of fused-ring (bicyclic) bond motifs is 1. The fourth-order valence-corrected chi connectivity index (χ4v) is 6.02. The molecule has 0 saturated heterocycles. The van der Waals surface area contributed by atoms with Gasteiger partial charge in [0.2, 0.25) is 0 Å². The van der Waals surface area contributed by atoms with E-state index in [1.807, 2.05) is 6.79 Å². The minimum Gasteiger partial charge on any atom is -0.357 e. The van der Waals surface area contributed by atoms with Gasteiger partial charge >= 0.3 is 0 Å². The fraction of sp³-hybridized carbons (Fsp3) is 0.593. The number of hydrogen-bond acceptors (Lipinski definition) is 5. The van der Waals surface area contributed by atoms with Crippen molar-refractivity contribution < 1.29 is 4.79 Å². The Hall–Kier alpha value is -1.72. The van der Waals surface area contributed by atoms with E-state index in [-0.39, 0.29) is 5.41 Å². The largest absolute Gasteiger partial charge is 0.357 e. The van der Waals surface area contributed by atoms with Gasteiger partial charge in [0.1, 0.15) is 6.79 Å². The Morgan fingerprint density at radius 2 is 2.06 bits per heavy atom. The third kappa shape index (κ3) is 6.64. The van der Waals surface area contributed by atoms with Gasteiger partial charge in [-0.1, -0.05) is 64.0 Å². The van der Waals surface area contributed by atoms with Crippen LogP contribution in [0.2, 0.25) is 0 Å². The first-order valence-electron chi connectivity index (χ1n) is 12.0. The number of hydrogen-bond donors (Lipinski definition) is 2.